The van der Waals surface area contributed by atoms with Crippen LogP contribution in [-0.4, -0.2) is 39.8 Å². The Morgan fingerprint density at radius 1 is 1.27 bits per heavy atom. The van der Waals surface area contributed by atoms with E-state index in [-0.39, 0.29) is 15.9 Å². The van der Waals surface area contributed by atoms with Crippen LogP contribution in [-0.2, 0) is 14.8 Å². The molecule has 3 rings (SSSR count). The minimum absolute atomic E-state index is 0.0230. The highest BCUT2D eigenvalue weighted by Gasteiger charge is 2.19. The molecule has 0 spiro atoms. The van der Waals surface area contributed by atoms with Crippen LogP contribution >= 0.6 is 11.8 Å². The fourth-order valence-electron chi connectivity index (χ4n) is 2.27. The number of amides is 1. The van der Waals surface area contributed by atoms with E-state index in [0.29, 0.717) is 11.4 Å². The molecule has 30 heavy (non-hydrogen) atoms. The van der Waals surface area contributed by atoms with Gasteiger partial charge in [0.15, 0.2) is 11.0 Å². The summed E-state index contributed by atoms with van der Waals surface area (Å²) in [5.41, 5.74) is -0.162. The number of nitrogens with one attached hydrogen (secondary N) is 3. The number of carbonyl (C=O) groups excluding carboxylic acids is 1. The van der Waals surface area contributed by atoms with E-state index in [1.165, 1.54) is 30.3 Å². The van der Waals surface area contributed by atoms with Gasteiger partial charge in [-0.2, -0.15) is 4.98 Å². The fourth-order valence-corrected chi connectivity index (χ4v) is 4.06. The summed E-state index contributed by atoms with van der Waals surface area (Å²) in [6.07, 6.45) is 0. The van der Waals surface area contributed by atoms with Crippen LogP contribution in [0.2, 0.25) is 0 Å². The van der Waals surface area contributed by atoms with Crippen LogP contribution in [0, 0.1) is 6.92 Å². The Labute approximate surface area is 175 Å². The minimum Gasteiger partial charge on any atom is -0.493 e. The molecule has 3 aromatic rings. The van der Waals surface area contributed by atoms with Crippen molar-refractivity contribution >= 4 is 39.2 Å². The van der Waals surface area contributed by atoms with Crippen LogP contribution < -0.4 is 15.6 Å². The number of hydrogen-bond donors (Lipinski definition) is 4. The van der Waals surface area contributed by atoms with Crippen LogP contribution in [0.25, 0.3) is 0 Å². The van der Waals surface area contributed by atoms with Gasteiger partial charge in [0.25, 0.3) is 15.6 Å². The summed E-state index contributed by atoms with van der Waals surface area (Å²) < 4.78 is 31.9. The van der Waals surface area contributed by atoms with E-state index in [1.54, 1.807) is 13.8 Å². The Morgan fingerprint density at radius 2 is 1.97 bits per heavy atom. The summed E-state index contributed by atoms with van der Waals surface area (Å²) >= 11 is 0.949. The third-order valence-electron chi connectivity index (χ3n) is 3.66. The van der Waals surface area contributed by atoms with Crippen molar-refractivity contribution in [3.8, 4) is 5.88 Å². The maximum Gasteiger partial charge on any atom is 0.263 e. The number of H-pyrrole nitrogens is 1. The Morgan fingerprint density at radius 3 is 2.57 bits per heavy atom. The molecule has 0 saturated heterocycles. The van der Waals surface area contributed by atoms with Gasteiger partial charge in [-0.15, -0.1) is 0 Å². The van der Waals surface area contributed by atoms with Gasteiger partial charge >= 0.3 is 0 Å². The van der Waals surface area contributed by atoms with E-state index in [1.807, 2.05) is 0 Å². The van der Waals surface area contributed by atoms with Gasteiger partial charge in [0.2, 0.25) is 11.8 Å². The van der Waals surface area contributed by atoms with E-state index in [2.05, 4.69) is 25.2 Å². The van der Waals surface area contributed by atoms with Crippen molar-refractivity contribution < 1.29 is 22.8 Å². The maximum absolute atomic E-state index is 12.4. The zero-order chi connectivity index (χ0) is 21.9. The second kappa shape index (κ2) is 8.59. The van der Waals surface area contributed by atoms with E-state index in [0.717, 1.165) is 17.8 Å². The Bertz CT molecular complexity index is 1220. The van der Waals surface area contributed by atoms with E-state index in [4.69, 9.17) is 4.52 Å². The lowest BCUT2D eigenvalue weighted by atomic mass is 10.3. The molecule has 2 aromatic heterocycles. The monoisotopic (exact) mass is 451 g/mol. The number of aromatic amines is 1. The standard InChI is InChI=1S/C17H17N5O6S2/c1-9-7-13(21-28-9)22-30(26,27)12-5-3-11(4-6-12)18-16(25)10(2)29-17-19-14(23)8-15(24)20-17/h3-8,10H,1-2H3,(H,18,25)(H,21,22)(H2,19,20,23,24). The first kappa shape index (κ1) is 21.4. The van der Waals surface area contributed by atoms with Crippen molar-refractivity contribution in [3.63, 3.8) is 0 Å². The summed E-state index contributed by atoms with van der Waals surface area (Å²) in [5.74, 6) is -0.324. The van der Waals surface area contributed by atoms with Gasteiger partial charge in [0, 0.05) is 11.8 Å². The zero-order valence-corrected chi connectivity index (χ0v) is 17.4. The van der Waals surface area contributed by atoms with Gasteiger partial charge in [-0.1, -0.05) is 16.9 Å². The number of nitrogens with zero attached hydrogens (tertiary/aromatic N) is 2. The first-order chi connectivity index (χ1) is 14.1. The average molecular weight is 451 g/mol. The van der Waals surface area contributed by atoms with Crippen LogP contribution in [0.3, 0.4) is 0 Å². The van der Waals surface area contributed by atoms with Crippen molar-refractivity contribution in [2.24, 2.45) is 0 Å². The number of sulfonamides is 1. The van der Waals surface area contributed by atoms with Gasteiger partial charge in [0.05, 0.1) is 16.2 Å². The van der Waals surface area contributed by atoms with Crippen LogP contribution in [0.15, 0.2) is 55.8 Å². The van der Waals surface area contributed by atoms with Gasteiger partial charge in [-0.25, -0.2) is 8.42 Å². The number of rotatable bonds is 7. The quantitative estimate of drug-likeness (QED) is 0.309. The molecule has 0 fully saturated rings. The molecule has 1 aromatic carbocycles. The van der Waals surface area contributed by atoms with Crippen molar-refractivity contribution in [1.29, 1.82) is 0 Å². The average Bonchev–Trinajstić information content (AvgIpc) is 3.05. The first-order valence-electron chi connectivity index (χ1n) is 8.46. The number of benzene rings is 1. The minimum atomic E-state index is -3.87. The summed E-state index contributed by atoms with van der Waals surface area (Å²) in [6, 6.07) is 7.90. The number of anilines is 2. The number of hydrogen-bond acceptors (Lipinski definition) is 9. The summed E-state index contributed by atoms with van der Waals surface area (Å²) in [4.78, 5) is 29.8. The smallest absolute Gasteiger partial charge is 0.263 e. The van der Waals surface area contributed by atoms with Crippen LogP contribution in [0.5, 0.6) is 5.88 Å². The number of aromatic nitrogens is 3. The maximum atomic E-state index is 12.4. The molecule has 0 bridgehead atoms. The lowest BCUT2D eigenvalue weighted by Gasteiger charge is -2.12. The molecule has 0 aliphatic rings. The third-order valence-corrected chi connectivity index (χ3v) is 6.02. The highest BCUT2D eigenvalue weighted by atomic mass is 32.2. The second-order valence-corrected chi connectivity index (χ2v) is 9.12. The van der Waals surface area contributed by atoms with Gasteiger partial charge < -0.3 is 19.9 Å². The van der Waals surface area contributed by atoms with E-state index >= 15 is 0 Å². The van der Waals surface area contributed by atoms with Crippen molar-refractivity contribution in [2.75, 3.05) is 10.0 Å². The van der Waals surface area contributed by atoms with Crippen LogP contribution in [0.4, 0.5) is 11.5 Å². The molecule has 0 aliphatic heterocycles. The molecular weight excluding hydrogens is 434 g/mol. The Hall–Kier alpha value is -3.32. The Balaban J connectivity index is 1.64. The predicted octanol–water partition coefficient (Wildman–Crippen LogP) is 1.69. The van der Waals surface area contributed by atoms with Gasteiger partial charge in [-0.05, 0) is 38.1 Å². The third kappa shape index (κ3) is 5.39. The molecule has 0 aliphatic carbocycles. The molecule has 1 amide bonds. The first-order valence-corrected chi connectivity index (χ1v) is 10.8. The molecule has 158 valence electrons. The van der Waals surface area contributed by atoms with E-state index in [9.17, 15) is 23.1 Å². The highest BCUT2D eigenvalue weighted by molar-refractivity contribution is 8.00. The Kier molecular flexibility index (Phi) is 6.12. The topological polar surface area (TPSA) is 167 Å². The second-order valence-electron chi connectivity index (χ2n) is 6.11. The normalized spacial score (nSPS) is 12.3. The molecule has 4 N–H and O–H groups in total. The largest absolute Gasteiger partial charge is 0.493 e. The molecule has 0 radical (unpaired) electrons. The number of carbonyl (C=O) groups is 1. The predicted molar refractivity (Wildman–Crippen MR) is 109 cm³/mol. The lowest BCUT2D eigenvalue weighted by Crippen LogP contribution is -2.23. The number of aryl methyl sites for hydroxylation is 1. The summed E-state index contributed by atoms with van der Waals surface area (Å²) in [5, 5.41) is 15.0. The van der Waals surface area contributed by atoms with Crippen LogP contribution in [0.1, 0.15) is 12.7 Å². The zero-order valence-electron chi connectivity index (χ0n) is 15.7. The molecule has 13 heteroatoms. The van der Waals surface area contributed by atoms with Crippen molar-refractivity contribution in [2.45, 2.75) is 29.1 Å². The van der Waals surface area contributed by atoms with Gasteiger partial charge in [0.1, 0.15) is 5.76 Å². The van der Waals surface area contributed by atoms with Gasteiger partial charge in [-0.3, -0.25) is 14.3 Å². The summed E-state index contributed by atoms with van der Waals surface area (Å²) in [6.45, 7) is 3.22. The molecule has 0 saturated carbocycles. The lowest BCUT2D eigenvalue weighted by molar-refractivity contribution is -0.115. The summed E-state index contributed by atoms with van der Waals surface area (Å²) in [7, 11) is -3.87. The highest BCUT2D eigenvalue weighted by Crippen LogP contribution is 2.22. The molecule has 11 nitrogen and oxygen atoms in total. The number of thioether (sulfide) groups is 1. The fraction of sp³-hybridized carbons (Fsp3) is 0.176. The molecular formula is C17H17N5O6S2. The molecule has 1 unspecified atom stereocenters. The molecule has 2 heterocycles. The van der Waals surface area contributed by atoms with E-state index < -0.39 is 32.6 Å². The van der Waals surface area contributed by atoms with Crippen molar-refractivity contribution in [3.05, 3.63) is 52.5 Å². The molecule has 1 atom stereocenters. The van der Waals surface area contributed by atoms with Crippen molar-refractivity contribution in [1.82, 2.24) is 15.1 Å². The number of aromatic hydroxyl groups is 1. The SMILES string of the molecule is Cc1cc(NS(=O)(=O)c2ccc(NC(=O)C(C)Sc3nc(O)cc(=O)[nH]3)cc2)no1.